The Morgan fingerprint density at radius 2 is 1.78 bits per heavy atom. The molecule has 0 aliphatic carbocycles. The Labute approximate surface area is 120 Å². The van der Waals surface area contributed by atoms with Gasteiger partial charge in [-0.1, -0.05) is 23.2 Å². The number of nitrogens with one attached hydrogen (secondary N) is 1. The second kappa shape index (κ2) is 8.43. The van der Waals surface area contributed by atoms with Gasteiger partial charge in [-0.05, 0) is 18.2 Å². The van der Waals surface area contributed by atoms with Crippen LogP contribution in [0.4, 0.5) is 10.5 Å². The number of hydrogen-bond donors (Lipinski definition) is 1. The van der Waals surface area contributed by atoms with E-state index < -0.39 is 6.09 Å². The van der Waals surface area contributed by atoms with E-state index in [1.165, 1.54) is 0 Å². The van der Waals surface area contributed by atoms with E-state index in [1.807, 2.05) is 0 Å². The van der Waals surface area contributed by atoms with Crippen molar-refractivity contribution < 1.29 is 14.3 Å². The molecule has 0 bridgehead atoms. The van der Waals surface area contributed by atoms with Crippen LogP contribution in [0.5, 0.6) is 0 Å². The molecule has 0 spiro atoms. The van der Waals surface area contributed by atoms with Crippen molar-refractivity contribution >= 4 is 46.6 Å². The van der Waals surface area contributed by atoms with Gasteiger partial charge in [0.15, 0.2) is 0 Å². The molecule has 0 saturated heterocycles. The van der Waals surface area contributed by atoms with Gasteiger partial charge >= 0.3 is 6.09 Å². The highest BCUT2D eigenvalue weighted by Gasteiger charge is 2.04. The molecule has 7 heteroatoms. The monoisotopic (exact) mass is 311 g/mol. The summed E-state index contributed by atoms with van der Waals surface area (Å²) in [5.41, 5.74) is 0.471. The molecule has 18 heavy (non-hydrogen) atoms. The first-order chi connectivity index (χ1) is 8.61. The van der Waals surface area contributed by atoms with Crippen molar-refractivity contribution in [1.29, 1.82) is 0 Å². The van der Waals surface area contributed by atoms with E-state index in [1.54, 1.807) is 18.2 Å². The van der Waals surface area contributed by atoms with Crippen LogP contribution in [0.2, 0.25) is 10.0 Å². The van der Waals surface area contributed by atoms with E-state index in [0.717, 1.165) is 0 Å². The van der Waals surface area contributed by atoms with Gasteiger partial charge in [-0.25, -0.2) is 4.79 Å². The van der Waals surface area contributed by atoms with Gasteiger partial charge in [0.2, 0.25) is 0 Å². The average Bonchev–Trinajstić information content (AvgIpc) is 2.27. The number of halogens is 3. The SMILES string of the molecule is O=C(Nc1cc(Cl)cc(Cl)c1)OCCOCCCl. The van der Waals surface area contributed by atoms with Crippen molar-refractivity contribution in [3.05, 3.63) is 28.2 Å². The number of alkyl halides is 1. The Hall–Kier alpha value is -0.680. The van der Waals surface area contributed by atoms with E-state index >= 15 is 0 Å². The Kier molecular flexibility index (Phi) is 7.20. The molecule has 1 rings (SSSR count). The zero-order valence-corrected chi connectivity index (χ0v) is 11.7. The lowest BCUT2D eigenvalue weighted by molar-refractivity contribution is 0.0859. The van der Waals surface area contributed by atoms with Gasteiger partial charge < -0.3 is 9.47 Å². The van der Waals surface area contributed by atoms with E-state index in [2.05, 4.69) is 5.32 Å². The fourth-order valence-corrected chi connectivity index (χ4v) is 1.76. The van der Waals surface area contributed by atoms with Gasteiger partial charge in [0.1, 0.15) is 6.61 Å². The first kappa shape index (κ1) is 15.4. The lowest BCUT2D eigenvalue weighted by atomic mass is 10.3. The predicted octanol–water partition coefficient (Wildman–Crippen LogP) is 3.80. The predicted molar refractivity (Wildman–Crippen MR) is 73.0 cm³/mol. The molecule has 0 heterocycles. The van der Waals surface area contributed by atoms with Crippen molar-refractivity contribution in [3.63, 3.8) is 0 Å². The zero-order valence-electron chi connectivity index (χ0n) is 9.42. The van der Waals surface area contributed by atoms with Crippen molar-refractivity contribution in [2.45, 2.75) is 0 Å². The van der Waals surface area contributed by atoms with Crippen LogP contribution < -0.4 is 5.32 Å². The molecule has 1 amide bonds. The fraction of sp³-hybridized carbons (Fsp3) is 0.364. The van der Waals surface area contributed by atoms with Crippen molar-refractivity contribution in [2.75, 3.05) is 31.0 Å². The highest BCUT2D eigenvalue weighted by atomic mass is 35.5. The van der Waals surface area contributed by atoms with Crippen LogP contribution in [0.25, 0.3) is 0 Å². The summed E-state index contributed by atoms with van der Waals surface area (Å²) in [6.07, 6.45) is -0.595. The van der Waals surface area contributed by atoms with Crippen LogP contribution in [-0.2, 0) is 9.47 Å². The molecule has 0 radical (unpaired) electrons. The van der Waals surface area contributed by atoms with Crippen LogP contribution >= 0.6 is 34.8 Å². The number of ether oxygens (including phenoxy) is 2. The van der Waals surface area contributed by atoms with Crippen molar-refractivity contribution in [1.82, 2.24) is 0 Å². The third-order valence-corrected chi connectivity index (χ3v) is 2.38. The molecule has 1 N–H and O–H groups in total. The number of carbonyl (C=O) groups excluding carboxylic acids is 1. The quantitative estimate of drug-likeness (QED) is 0.642. The maximum absolute atomic E-state index is 11.4. The molecule has 0 saturated carbocycles. The summed E-state index contributed by atoms with van der Waals surface area (Å²) in [5.74, 6) is 0.410. The minimum absolute atomic E-state index is 0.150. The van der Waals surface area contributed by atoms with Gasteiger partial charge in [-0.3, -0.25) is 5.32 Å². The van der Waals surface area contributed by atoms with Crippen LogP contribution in [0.1, 0.15) is 0 Å². The third-order valence-electron chi connectivity index (χ3n) is 1.79. The Morgan fingerprint density at radius 1 is 1.11 bits per heavy atom. The summed E-state index contributed by atoms with van der Waals surface area (Å²) in [6, 6.07) is 4.71. The number of anilines is 1. The number of benzene rings is 1. The van der Waals surface area contributed by atoms with Gasteiger partial charge in [0.05, 0.1) is 13.2 Å². The molecule has 0 aliphatic heterocycles. The maximum atomic E-state index is 11.4. The summed E-state index contributed by atoms with van der Waals surface area (Å²) in [5, 5.41) is 3.37. The molecule has 100 valence electrons. The summed E-state index contributed by atoms with van der Waals surface area (Å²) in [7, 11) is 0. The molecule has 0 aromatic heterocycles. The molecule has 0 unspecified atom stereocenters. The smallest absolute Gasteiger partial charge is 0.411 e. The molecule has 4 nitrogen and oxygen atoms in total. The van der Waals surface area contributed by atoms with Gasteiger partial charge in [-0.15, -0.1) is 11.6 Å². The van der Waals surface area contributed by atoms with Gasteiger partial charge in [0.25, 0.3) is 0 Å². The van der Waals surface area contributed by atoms with Crippen LogP contribution in [-0.4, -0.2) is 31.8 Å². The lowest BCUT2D eigenvalue weighted by Gasteiger charge is -2.07. The van der Waals surface area contributed by atoms with Crippen LogP contribution in [0.15, 0.2) is 18.2 Å². The number of hydrogen-bond acceptors (Lipinski definition) is 3. The molecule has 1 aromatic carbocycles. The lowest BCUT2D eigenvalue weighted by Crippen LogP contribution is -2.17. The minimum atomic E-state index is -0.595. The van der Waals surface area contributed by atoms with Crippen molar-refractivity contribution in [3.8, 4) is 0 Å². The summed E-state index contributed by atoms with van der Waals surface area (Å²) >= 11 is 17.0. The Morgan fingerprint density at radius 3 is 2.39 bits per heavy atom. The van der Waals surface area contributed by atoms with Crippen LogP contribution in [0, 0.1) is 0 Å². The highest BCUT2D eigenvalue weighted by molar-refractivity contribution is 6.35. The molecular weight excluding hydrogens is 300 g/mol. The largest absolute Gasteiger partial charge is 0.447 e. The maximum Gasteiger partial charge on any atom is 0.411 e. The Bertz CT molecular complexity index is 381. The minimum Gasteiger partial charge on any atom is -0.447 e. The topological polar surface area (TPSA) is 47.6 Å². The first-order valence-corrected chi connectivity index (χ1v) is 6.44. The van der Waals surface area contributed by atoms with Gasteiger partial charge in [-0.2, -0.15) is 0 Å². The van der Waals surface area contributed by atoms with E-state index in [4.69, 9.17) is 44.3 Å². The molecular formula is C11H12Cl3NO3. The summed E-state index contributed by atoms with van der Waals surface area (Å²) < 4.78 is 9.91. The Balaban J connectivity index is 2.31. The highest BCUT2D eigenvalue weighted by Crippen LogP contribution is 2.22. The van der Waals surface area contributed by atoms with E-state index in [9.17, 15) is 4.79 Å². The second-order valence-electron chi connectivity index (χ2n) is 3.22. The zero-order chi connectivity index (χ0) is 13.4. The molecule has 0 fully saturated rings. The molecule has 0 atom stereocenters. The molecule has 1 aromatic rings. The summed E-state index contributed by atoms with van der Waals surface area (Å²) in [4.78, 5) is 11.4. The second-order valence-corrected chi connectivity index (χ2v) is 4.47. The fourth-order valence-electron chi connectivity index (χ4n) is 1.13. The van der Waals surface area contributed by atoms with Crippen molar-refractivity contribution in [2.24, 2.45) is 0 Å². The van der Waals surface area contributed by atoms with Gasteiger partial charge in [0, 0.05) is 21.6 Å². The van der Waals surface area contributed by atoms with E-state index in [0.29, 0.717) is 34.8 Å². The van der Waals surface area contributed by atoms with E-state index in [-0.39, 0.29) is 6.61 Å². The standard InChI is InChI=1S/C11H12Cl3NO3/c12-1-2-17-3-4-18-11(16)15-10-6-8(13)5-9(14)7-10/h5-7H,1-4H2,(H,15,16). The average molecular weight is 313 g/mol. The normalized spacial score (nSPS) is 10.2. The third kappa shape index (κ3) is 6.31. The molecule has 0 aliphatic rings. The number of carbonyl (C=O) groups is 1. The van der Waals surface area contributed by atoms with Crippen LogP contribution in [0.3, 0.4) is 0 Å². The number of amides is 1. The number of rotatable bonds is 6. The summed E-state index contributed by atoms with van der Waals surface area (Å²) in [6.45, 7) is 0.879. The first-order valence-electron chi connectivity index (χ1n) is 5.15.